The van der Waals surface area contributed by atoms with E-state index in [1.807, 2.05) is 0 Å². The average Bonchev–Trinajstić information content (AvgIpc) is 2.26. The lowest BCUT2D eigenvalue weighted by atomic mass is 10.4. The summed E-state index contributed by atoms with van der Waals surface area (Å²) in [6, 6.07) is 0. The first-order chi connectivity index (χ1) is 6.79. The van der Waals surface area contributed by atoms with Gasteiger partial charge in [0.25, 0.3) is 0 Å². The zero-order valence-corrected chi connectivity index (χ0v) is 9.46. The van der Waals surface area contributed by atoms with Gasteiger partial charge in [0.2, 0.25) is 0 Å². The third-order valence-electron chi connectivity index (χ3n) is 2.57. The van der Waals surface area contributed by atoms with Crippen LogP contribution in [0.1, 0.15) is 0 Å². The molecule has 0 aromatic carbocycles. The van der Waals surface area contributed by atoms with Gasteiger partial charge in [-0.05, 0) is 14.1 Å². The third kappa shape index (κ3) is 5.54. The Morgan fingerprint density at radius 3 is 1.50 bits per heavy atom. The predicted octanol–water partition coefficient (Wildman–Crippen LogP) is -0.530. The third-order valence-corrected chi connectivity index (χ3v) is 2.57. The summed E-state index contributed by atoms with van der Waals surface area (Å²) in [5.74, 6) is 0. The number of nitrogens with one attached hydrogen (secondary N) is 1. The molecule has 2 rings (SSSR count). The molecule has 4 heteroatoms. The number of likely N-dealkylation sites (N-methyl/N-ethyl adjacent to an activating group) is 2. The quantitative estimate of drug-likeness (QED) is 0.570. The van der Waals surface area contributed by atoms with Gasteiger partial charge in [-0.3, -0.25) is 0 Å². The molecule has 0 radical (unpaired) electrons. The van der Waals surface area contributed by atoms with Crippen molar-refractivity contribution in [1.82, 2.24) is 15.1 Å². The van der Waals surface area contributed by atoms with Crippen LogP contribution < -0.4 is 5.32 Å². The van der Waals surface area contributed by atoms with E-state index in [9.17, 15) is 0 Å². The molecule has 0 aliphatic carbocycles. The van der Waals surface area contributed by atoms with Crippen LogP contribution in [-0.4, -0.2) is 76.4 Å². The van der Waals surface area contributed by atoms with E-state index in [4.69, 9.17) is 4.74 Å². The summed E-state index contributed by atoms with van der Waals surface area (Å²) in [7, 11) is 4.35. The van der Waals surface area contributed by atoms with Gasteiger partial charge in [0.1, 0.15) is 0 Å². The van der Waals surface area contributed by atoms with Crippen molar-refractivity contribution in [3.05, 3.63) is 0 Å². The molecule has 0 aromatic heterocycles. The average molecular weight is 201 g/mol. The van der Waals surface area contributed by atoms with Gasteiger partial charge >= 0.3 is 0 Å². The molecule has 2 heterocycles. The number of hydrogen-bond acceptors (Lipinski definition) is 4. The molecule has 0 atom stereocenters. The highest BCUT2D eigenvalue weighted by molar-refractivity contribution is 4.64. The summed E-state index contributed by atoms with van der Waals surface area (Å²) < 4.78 is 5.01. The fraction of sp³-hybridized carbons (Fsp3) is 1.00. The van der Waals surface area contributed by atoms with E-state index < -0.39 is 0 Å². The molecule has 4 nitrogen and oxygen atoms in total. The van der Waals surface area contributed by atoms with Crippen LogP contribution in [0, 0.1) is 0 Å². The second-order valence-electron chi connectivity index (χ2n) is 3.97. The standard InChI is InChI=1S/C6H14N2.C4H9NO/c1-7-3-5-8(2)6-4-7;1-3-6-4-2-5-1/h3-6H2,1-2H3;5H,1-4H2. The molecular weight excluding hydrogens is 178 g/mol. The minimum atomic E-state index is 0.889. The summed E-state index contributed by atoms with van der Waals surface area (Å²) in [6.45, 7) is 8.76. The Kier molecular flexibility index (Phi) is 6.10. The Hall–Kier alpha value is -0.160. The number of rotatable bonds is 0. The van der Waals surface area contributed by atoms with Crippen molar-refractivity contribution in [1.29, 1.82) is 0 Å². The van der Waals surface area contributed by atoms with Gasteiger partial charge in [0.15, 0.2) is 0 Å². The van der Waals surface area contributed by atoms with Crippen LogP contribution in [0.25, 0.3) is 0 Å². The molecule has 0 spiro atoms. The van der Waals surface area contributed by atoms with Crippen molar-refractivity contribution < 1.29 is 4.74 Å². The maximum absolute atomic E-state index is 5.01. The van der Waals surface area contributed by atoms with Crippen LogP contribution in [0.5, 0.6) is 0 Å². The number of hydrogen-bond donors (Lipinski definition) is 1. The van der Waals surface area contributed by atoms with Gasteiger partial charge in [0, 0.05) is 39.3 Å². The lowest BCUT2D eigenvalue weighted by molar-refractivity contribution is 0.109. The molecule has 2 saturated heterocycles. The maximum Gasteiger partial charge on any atom is 0.0591 e. The monoisotopic (exact) mass is 201 g/mol. The Morgan fingerprint density at radius 2 is 1.29 bits per heavy atom. The molecule has 0 amide bonds. The zero-order valence-electron chi connectivity index (χ0n) is 9.46. The summed E-state index contributed by atoms with van der Waals surface area (Å²) in [5, 5.41) is 3.16. The van der Waals surface area contributed by atoms with Gasteiger partial charge in [-0.25, -0.2) is 0 Å². The van der Waals surface area contributed by atoms with Crippen molar-refractivity contribution in [3.8, 4) is 0 Å². The van der Waals surface area contributed by atoms with Crippen LogP contribution >= 0.6 is 0 Å². The SMILES string of the molecule is C1COCCN1.CN1CCN(C)CC1. The van der Waals surface area contributed by atoms with Gasteiger partial charge < -0.3 is 19.9 Å². The summed E-state index contributed by atoms with van der Waals surface area (Å²) in [4.78, 5) is 4.72. The molecule has 2 fully saturated rings. The van der Waals surface area contributed by atoms with E-state index in [2.05, 4.69) is 29.2 Å². The molecule has 1 N–H and O–H groups in total. The van der Waals surface area contributed by atoms with E-state index in [1.165, 1.54) is 26.2 Å². The van der Waals surface area contributed by atoms with Crippen molar-refractivity contribution in [2.45, 2.75) is 0 Å². The topological polar surface area (TPSA) is 27.7 Å². The number of piperazine rings is 1. The molecular formula is C10H23N3O. The number of nitrogens with zero attached hydrogens (tertiary/aromatic N) is 2. The molecule has 84 valence electrons. The van der Waals surface area contributed by atoms with Crippen molar-refractivity contribution in [2.24, 2.45) is 0 Å². The Balaban J connectivity index is 0.000000146. The highest BCUT2D eigenvalue weighted by Crippen LogP contribution is 1.93. The molecule has 0 aromatic rings. The maximum atomic E-state index is 5.01. The lowest BCUT2D eigenvalue weighted by Gasteiger charge is -2.28. The van der Waals surface area contributed by atoms with Gasteiger partial charge in [-0.1, -0.05) is 0 Å². The zero-order chi connectivity index (χ0) is 10.2. The molecule has 0 saturated carbocycles. The fourth-order valence-electron chi connectivity index (χ4n) is 1.42. The Labute approximate surface area is 87.2 Å². The number of ether oxygens (including phenoxy) is 1. The van der Waals surface area contributed by atoms with Gasteiger partial charge in [-0.15, -0.1) is 0 Å². The Bertz CT molecular complexity index is 110. The molecule has 2 aliphatic heterocycles. The summed E-state index contributed by atoms with van der Waals surface area (Å²) in [6.07, 6.45) is 0. The highest BCUT2D eigenvalue weighted by atomic mass is 16.5. The first kappa shape index (κ1) is 11.9. The van der Waals surface area contributed by atoms with Crippen LogP contribution in [0.2, 0.25) is 0 Å². The normalized spacial score (nSPS) is 25.3. The molecule has 14 heavy (non-hydrogen) atoms. The van der Waals surface area contributed by atoms with E-state index >= 15 is 0 Å². The Morgan fingerprint density at radius 1 is 0.857 bits per heavy atom. The summed E-state index contributed by atoms with van der Waals surface area (Å²) >= 11 is 0. The van der Waals surface area contributed by atoms with Crippen LogP contribution in [-0.2, 0) is 4.74 Å². The predicted molar refractivity (Wildman–Crippen MR) is 58.7 cm³/mol. The van der Waals surface area contributed by atoms with Crippen LogP contribution in [0.4, 0.5) is 0 Å². The molecule has 0 bridgehead atoms. The van der Waals surface area contributed by atoms with Crippen molar-refractivity contribution >= 4 is 0 Å². The van der Waals surface area contributed by atoms with E-state index in [1.54, 1.807) is 0 Å². The lowest BCUT2D eigenvalue weighted by Crippen LogP contribution is -2.42. The molecule has 2 aliphatic rings. The second kappa shape index (κ2) is 7.17. The van der Waals surface area contributed by atoms with Crippen molar-refractivity contribution in [2.75, 3.05) is 66.6 Å². The minimum absolute atomic E-state index is 0.889. The largest absolute Gasteiger partial charge is 0.379 e. The smallest absolute Gasteiger partial charge is 0.0591 e. The first-order valence-electron chi connectivity index (χ1n) is 5.44. The van der Waals surface area contributed by atoms with E-state index in [0.717, 1.165) is 26.3 Å². The van der Waals surface area contributed by atoms with Gasteiger partial charge in [0.05, 0.1) is 13.2 Å². The van der Waals surface area contributed by atoms with Gasteiger partial charge in [-0.2, -0.15) is 0 Å². The fourth-order valence-corrected chi connectivity index (χ4v) is 1.42. The minimum Gasteiger partial charge on any atom is -0.379 e. The van der Waals surface area contributed by atoms with E-state index in [-0.39, 0.29) is 0 Å². The number of morpholine rings is 1. The molecule has 0 unspecified atom stereocenters. The van der Waals surface area contributed by atoms with Crippen LogP contribution in [0.3, 0.4) is 0 Å². The second-order valence-corrected chi connectivity index (χ2v) is 3.97. The van der Waals surface area contributed by atoms with Crippen molar-refractivity contribution in [3.63, 3.8) is 0 Å². The summed E-state index contributed by atoms with van der Waals surface area (Å²) in [5.41, 5.74) is 0. The first-order valence-corrected chi connectivity index (χ1v) is 5.44. The van der Waals surface area contributed by atoms with Crippen LogP contribution in [0.15, 0.2) is 0 Å². The highest BCUT2D eigenvalue weighted by Gasteiger charge is 2.07. The van der Waals surface area contributed by atoms with E-state index in [0.29, 0.717) is 0 Å².